The lowest BCUT2D eigenvalue weighted by molar-refractivity contribution is -0.138. The monoisotopic (exact) mass is 305 g/mol. The number of nitrogens with two attached hydrogens (primary N) is 1. The largest absolute Gasteiger partial charge is 0.480 e. The van der Waals surface area contributed by atoms with Gasteiger partial charge in [0.05, 0.1) is 6.61 Å². The van der Waals surface area contributed by atoms with Crippen molar-refractivity contribution >= 4 is 17.9 Å². The second kappa shape index (κ2) is 10.9. The van der Waals surface area contributed by atoms with E-state index >= 15 is 0 Å². The van der Waals surface area contributed by atoms with Gasteiger partial charge in [0.1, 0.15) is 13.1 Å². The van der Waals surface area contributed by atoms with Crippen LogP contribution in [0.25, 0.3) is 0 Å². The zero-order chi connectivity index (χ0) is 16.3. The number of urea groups is 1. The zero-order valence-corrected chi connectivity index (χ0v) is 12.4. The molecule has 9 nitrogen and oxygen atoms in total. The fourth-order valence-electron chi connectivity index (χ4n) is 1.65. The van der Waals surface area contributed by atoms with Crippen LogP contribution in [0, 0.1) is 0 Å². The lowest BCUT2D eigenvalue weighted by Crippen LogP contribution is -2.49. The van der Waals surface area contributed by atoms with Gasteiger partial charge in [0, 0.05) is 33.9 Å². The van der Waals surface area contributed by atoms with Crippen molar-refractivity contribution in [1.29, 1.82) is 0 Å². The van der Waals surface area contributed by atoms with Crippen molar-refractivity contribution in [3.05, 3.63) is 0 Å². The van der Waals surface area contributed by atoms with Gasteiger partial charge in [-0.3, -0.25) is 9.59 Å². The van der Waals surface area contributed by atoms with E-state index in [1.165, 1.54) is 12.0 Å². The van der Waals surface area contributed by atoms with Crippen LogP contribution in [-0.2, 0) is 19.1 Å². The summed E-state index contributed by atoms with van der Waals surface area (Å²) in [5, 5.41) is 8.81. The van der Waals surface area contributed by atoms with Gasteiger partial charge in [-0.15, -0.1) is 0 Å². The molecular weight excluding hydrogens is 282 g/mol. The minimum atomic E-state index is -1.21. The number of amides is 3. The molecule has 3 N–H and O–H groups in total. The van der Waals surface area contributed by atoms with Crippen LogP contribution in [0.2, 0.25) is 0 Å². The van der Waals surface area contributed by atoms with Gasteiger partial charge in [0.25, 0.3) is 0 Å². The molecule has 0 spiro atoms. The SMILES string of the molecule is COCCCN(CCOC)C(=O)N(CC(N)=O)CC(=O)O. The first-order chi connectivity index (χ1) is 9.92. The van der Waals surface area contributed by atoms with E-state index in [4.69, 9.17) is 20.3 Å². The number of primary amides is 1. The Morgan fingerprint density at radius 1 is 1.00 bits per heavy atom. The molecule has 0 bridgehead atoms. The van der Waals surface area contributed by atoms with Crippen molar-refractivity contribution in [3.8, 4) is 0 Å². The van der Waals surface area contributed by atoms with Crippen LogP contribution in [0.1, 0.15) is 6.42 Å². The number of nitrogens with zero attached hydrogens (tertiary/aromatic N) is 2. The fraction of sp³-hybridized carbons (Fsp3) is 0.750. The van der Waals surface area contributed by atoms with Gasteiger partial charge in [-0.2, -0.15) is 0 Å². The standard InChI is InChI=1S/C12H23N3O6/c1-20-6-3-4-14(5-7-21-2)12(19)15(8-10(13)16)9-11(17)18/h3-9H2,1-2H3,(H2,13,16)(H,17,18). The number of carboxylic acids is 1. The van der Waals surface area contributed by atoms with Crippen LogP contribution in [0.3, 0.4) is 0 Å². The topological polar surface area (TPSA) is 122 Å². The van der Waals surface area contributed by atoms with Crippen molar-refractivity contribution < 1.29 is 29.0 Å². The molecule has 0 radical (unpaired) electrons. The van der Waals surface area contributed by atoms with Crippen molar-refractivity contribution in [2.75, 3.05) is 53.6 Å². The average molecular weight is 305 g/mol. The summed E-state index contributed by atoms with van der Waals surface area (Å²) in [5.74, 6) is -1.98. The first kappa shape index (κ1) is 19.1. The molecule has 122 valence electrons. The first-order valence-electron chi connectivity index (χ1n) is 6.44. The summed E-state index contributed by atoms with van der Waals surface area (Å²) in [6, 6.07) is -0.565. The second-order valence-electron chi connectivity index (χ2n) is 4.32. The van der Waals surface area contributed by atoms with Crippen LogP contribution in [0.5, 0.6) is 0 Å². The molecule has 0 aliphatic rings. The van der Waals surface area contributed by atoms with Crippen LogP contribution in [0.15, 0.2) is 0 Å². The Labute approximate surface area is 123 Å². The first-order valence-corrected chi connectivity index (χ1v) is 6.44. The summed E-state index contributed by atoms with van der Waals surface area (Å²) < 4.78 is 9.83. The lowest BCUT2D eigenvalue weighted by Gasteiger charge is -2.29. The number of hydrogen-bond donors (Lipinski definition) is 2. The summed E-state index contributed by atoms with van der Waals surface area (Å²) >= 11 is 0. The van der Waals surface area contributed by atoms with E-state index in [1.54, 1.807) is 7.11 Å². The van der Waals surface area contributed by atoms with E-state index in [-0.39, 0.29) is 6.54 Å². The highest BCUT2D eigenvalue weighted by Crippen LogP contribution is 2.02. The number of aliphatic carboxylic acids is 1. The highest BCUT2D eigenvalue weighted by molar-refractivity contribution is 5.85. The number of carbonyl (C=O) groups is 3. The number of rotatable bonds is 11. The molecule has 0 saturated carbocycles. The number of methoxy groups -OCH3 is 2. The Morgan fingerprint density at radius 3 is 2.10 bits per heavy atom. The molecule has 0 fully saturated rings. The number of carbonyl (C=O) groups excluding carboxylic acids is 2. The maximum Gasteiger partial charge on any atom is 0.323 e. The third kappa shape index (κ3) is 8.82. The molecular formula is C12H23N3O6. The molecule has 9 heteroatoms. The maximum absolute atomic E-state index is 12.3. The van der Waals surface area contributed by atoms with E-state index < -0.39 is 31.0 Å². The van der Waals surface area contributed by atoms with E-state index in [2.05, 4.69) is 0 Å². The van der Waals surface area contributed by atoms with Crippen molar-refractivity contribution in [3.63, 3.8) is 0 Å². The number of carboxylic acid groups (broad SMARTS) is 1. The molecule has 0 rings (SSSR count). The Hall–Kier alpha value is -1.87. The van der Waals surface area contributed by atoms with Crippen molar-refractivity contribution in [2.24, 2.45) is 5.73 Å². The highest BCUT2D eigenvalue weighted by atomic mass is 16.5. The Bertz CT molecular complexity index is 334. The molecule has 0 aliphatic heterocycles. The molecule has 0 aromatic rings. The van der Waals surface area contributed by atoms with Crippen LogP contribution < -0.4 is 5.73 Å². The van der Waals surface area contributed by atoms with Gasteiger partial charge < -0.3 is 30.1 Å². The Balaban J connectivity index is 4.79. The molecule has 0 saturated heterocycles. The van der Waals surface area contributed by atoms with Gasteiger partial charge in [0.2, 0.25) is 5.91 Å². The second-order valence-corrected chi connectivity index (χ2v) is 4.32. The van der Waals surface area contributed by atoms with E-state index in [0.717, 1.165) is 4.90 Å². The molecule has 0 heterocycles. The average Bonchev–Trinajstić information content (AvgIpc) is 2.40. The van der Waals surface area contributed by atoms with Crippen LogP contribution in [0.4, 0.5) is 4.79 Å². The minimum Gasteiger partial charge on any atom is -0.480 e. The normalized spacial score (nSPS) is 10.2. The van der Waals surface area contributed by atoms with Crippen molar-refractivity contribution in [1.82, 2.24) is 9.80 Å². The maximum atomic E-state index is 12.3. The molecule has 0 unspecified atom stereocenters. The van der Waals surface area contributed by atoms with Gasteiger partial charge in [0.15, 0.2) is 0 Å². The predicted octanol–water partition coefficient (Wildman–Crippen LogP) is -1.04. The van der Waals surface area contributed by atoms with Gasteiger partial charge in [-0.25, -0.2) is 4.79 Å². The van der Waals surface area contributed by atoms with Crippen molar-refractivity contribution in [2.45, 2.75) is 6.42 Å². The van der Waals surface area contributed by atoms with Crippen LogP contribution in [-0.4, -0.2) is 86.4 Å². The fourth-order valence-corrected chi connectivity index (χ4v) is 1.65. The zero-order valence-electron chi connectivity index (χ0n) is 12.4. The van der Waals surface area contributed by atoms with Gasteiger partial charge in [-0.05, 0) is 6.42 Å². The van der Waals surface area contributed by atoms with E-state index in [0.29, 0.717) is 26.2 Å². The smallest absolute Gasteiger partial charge is 0.323 e. The highest BCUT2D eigenvalue weighted by Gasteiger charge is 2.23. The van der Waals surface area contributed by atoms with E-state index in [9.17, 15) is 14.4 Å². The van der Waals surface area contributed by atoms with E-state index in [1.807, 2.05) is 0 Å². The third-order valence-corrected chi connectivity index (χ3v) is 2.56. The molecule has 0 aromatic heterocycles. The summed E-state index contributed by atoms with van der Waals surface area (Å²) in [5.41, 5.74) is 5.04. The lowest BCUT2D eigenvalue weighted by atomic mass is 10.3. The van der Waals surface area contributed by atoms with Crippen LogP contribution >= 0.6 is 0 Å². The Kier molecular flexibility index (Phi) is 9.90. The molecule has 21 heavy (non-hydrogen) atoms. The number of ether oxygens (including phenoxy) is 2. The summed E-state index contributed by atoms with van der Waals surface area (Å²) in [6.07, 6.45) is 0.587. The molecule has 0 atom stereocenters. The summed E-state index contributed by atoms with van der Waals surface area (Å²) in [4.78, 5) is 36.4. The Morgan fingerprint density at radius 2 is 1.62 bits per heavy atom. The minimum absolute atomic E-state index is 0.286. The summed E-state index contributed by atoms with van der Waals surface area (Å²) in [6.45, 7) is 0.384. The number of hydrogen-bond acceptors (Lipinski definition) is 5. The third-order valence-electron chi connectivity index (χ3n) is 2.56. The quantitative estimate of drug-likeness (QED) is 0.470. The van der Waals surface area contributed by atoms with Gasteiger partial charge in [-0.1, -0.05) is 0 Å². The summed E-state index contributed by atoms with van der Waals surface area (Å²) in [7, 11) is 3.04. The molecule has 3 amide bonds. The van der Waals surface area contributed by atoms with Gasteiger partial charge >= 0.3 is 12.0 Å². The molecule has 0 aliphatic carbocycles. The predicted molar refractivity (Wildman–Crippen MR) is 73.7 cm³/mol. The molecule has 0 aromatic carbocycles.